The van der Waals surface area contributed by atoms with Gasteiger partial charge in [0, 0.05) is 18.3 Å². The van der Waals surface area contributed by atoms with E-state index < -0.39 is 0 Å². The van der Waals surface area contributed by atoms with Crippen molar-refractivity contribution in [2.75, 3.05) is 18.4 Å². The average molecular weight is 290 g/mol. The zero-order chi connectivity index (χ0) is 15.5. The van der Waals surface area contributed by atoms with E-state index in [-0.39, 0.29) is 0 Å². The Kier molecular flexibility index (Phi) is 9.16. The van der Waals surface area contributed by atoms with Crippen LogP contribution in [0.3, 0.4) is 0 Å². The van der Waals surface area contributed by atoms with E-state index in [1.807, 2.05) is 0 Å². The maximum absolute atomic E-state index is 3.71. The molecule has 0 bridgehead atoms. The number of hydrogen-bond donors (Lipinski definition) is 1. The number of hydrogen-bond acceptors (Lipinski definition) is 2. The summed E-state index contributed by atoms with van der Waals surface area (Å²) in [5.74, 6) is 0. The lowest BCUT2D eigenvalue weighted by Crippen LogP contribution is -2.23. The van der Waals surface area contributed by atoms with Gasteiger partial charge in [-0.2, -0.15) is 0 Å². The molecule has 1 rings (SSSR count). The molecule has 0 fully saturated rings. The lowest BCUT2D eigenvalue weighted by Gasteiger charge is -2.22. The van der Waals surface area contributed by atoms with Crippen LogP contribution in [0.1, 0.15) is 65.4 Å². The zero-order valence-electron chi connectivity index (χ0n) is 14.5. The van der Waals surface area contributed by atoms with E-state index in [1.165, 1.54) is 43.4 Å². The molecule has 0 spiro atoms. The topological polar surface area (TPSA) is 15.3 Å². The minimum Gasteiger partial charge on any atom is -0.382 e. The summed E-state index contributed by atoms with van der Waals surface area (Å²) >= 11 is 0. The first-order valence-electron chi connectivity index (χ1n) is 8.78. The molecule has 2 heteroatoms. The Balaban J connectivity index is 2.53. The number of unbranched alkanes of at least 4 members (excludes halogenated alkanes) is 3. The van der Waals surface area contributed by atoms with Gasteiger partial charge in [-0.3, -0.25) is 4.90 Å². The van der Waals surface area contributed by atoms with Gasteiger partial charge >= 0.3 is 0 Å². The molecule has 2 nitrogen and oxygen atoms in total. The highest BCUT2D eigenvalue weighted by Gasteiger charge is 2.08. The number of nitrogens with zero attached hydrogens (tertiary/aromatic N) is 1. The van der Waals surface area contributed by atoms with Crippen LogP contribution < -0.4 is 5.32 Å². The summed E-state index contributed by atoms with van der Waals surface area (Å²) in [7, 11) is 0. The van der Waals surface area contributed by atoms with Crippen molar-refractivity contribution >= 4 is 5.69 Å². The van der Waals surface area contributed by atoms with E-state index in [0.717, 1.165) is 19.6 Å². The van der Waals surface area contributed by atoms with E-state index in [9.17, 15) is 0 Å². The third-order valence-electron chi connectivity index (χ3n) is 4.20. The van der Waals surface area contributed by atoms with Gasteiger partial charge in [0.25, 0.3) is 0 Å². The molecular weight excluding hydrogens is 256 g/mol. The third-order valence-corrected chi connectivity index (χ3v) is 4.20. The molecule has 1 aromatic rings. The molecule has 1 unspecified atom stereocenters. The molecule has 0 saturated heterocycles. The fraction of sp³-hybridized carbons (Fsp3) is 0.684. The van der Waals surface area contributed by atoms with Crippen molar-refractivity contribution in [2.45, 2.75) is 72.4 Å². The summed E-state index contributed by atoms with van der Waals surface area (Å²) in [6.07, 6.45) is 6.64. The standard InChI is InChI=1S/C19H34N2/c1-5-8-9-10-13-17(4)20-19-15-12-11-14-18(19)16-21(6-2)7-3/h11-12,14-15,17,20H,5-10,13,16H2,1-4H3. The zero-order valence-corrected chi connectivity index (χ0v) is 14.5. The summed E-state index contributed by atoms with van der Waals surface area (Å²) in [6.45, 7) is 12.3. The van der Waals surface area contributed by atoms with Crippen LogP contribution in [-0.4, -0.2) is 24.0 Å². The number of nitrogens with one attached hydrogen (secondary N) is 1. The second-order valence-corrected chi connectivity index (χ2v) is 6.01. The highest BCUT2D eigenvalue weighted by Crippen LogP contribution is 2.19. The van der Waals surface area contributed by atoms with Crippen LogP contribution in [-0.2, 0) is 6.54 Å². The molecule has 0 heterocycles. The molecule has 0 saturated carbocycles. The molecule has 0 radical (unpaired) electrons. The second kappa shape index (κ2) is 10.7. The Labute approximate surface area is 131 Å². The summed E-state index contributed by atoms with van der Waals surface area (Å²) < 4.78 is 0. The van der Waals surface area contributed by atoms with Crippen molar-refractivity contribution in [1.82, 2.24) is 4.90 Å². The molecule has 1 N–H and O–H groups in total. The largest absolute Gasteiger partial charge is 0.382 e. The Morgan fingerprint density at radius 3 is 2.38 bits per heavy atom. The lowest BCUT2D eigenvalue weighted by atomic mass is 10.1. The normalized spacial score (nSPS) is 12.6. The molecule has 120 valence electrons. The summed E-state index contributed by atoms with van der Waals surface area (Å²) in [4.78, 5) is 2.46. The van der Waals surface area contributed by atoms with Crippen LogP contribution in [0.25, 0.3) is 0 Å². The van der Waals surface area contributed by atoms with Gasteiger partial charge in [-0.1, -0.05) is 64.7 Å². The van der Waals surface area contributed by atoms with E-state index >= 15 is 0 Å². The number of rotatable bonds is 11. The minimum absolute atomic E-state index is 0.555. The van der Waals surface area contributed by atoms with Gasteiger partial charge in [-0.15, -0.1) is 0 Å². The van der Waals surface area contributed by atoms with Crippen molar-refractivity contribution in [2.24, 2.45) is 0 Å². The maximum Gasteiger partial charge on any atom is 0.0387 e. The van der Waals surface area contributed by atoms with Crippen molar-refractivity contribution in [3.05, 3.63) is 29.8 Å². The Morgan fingerprint density at radius 1 is 1.00 bits per heavy atom. The van der Waals surface area contributed by atoms with Gasteiger partial charge in [-0.25, -0.2) is 0 Å². The second-order valence-electron chi connectivity index (χ2n) is 6.01. The monoisotopic (exact) mass is 290 g/mol. The van der Waals surface area contributed by atoms with Gasteiger partial charge < -0.3 is 5.32 Å². The van der Waals surface area contributed by atoms with Crippen molar-refractivity contribution < 1.29 is 0 Å². The molecule has 21 heavy (non-hydrogen) atoms. The first-order valence-corrected chi connectivity index (χ1v) is 8.78. The quantitative estimate of drug-likeness (QED) is 0.556. The van der Waals surface area contributed by atoms with Gasteiger partial charge in [0.05, 0.1) is 0 Å². The maximum atomic E-state index is 3.71. The highest BCUT2D eigenvalue weighted by molar-refractivity contribution is 5.51. The first kappa shape index (κ1) is 18.0. The van der Waals surface area contributed by atoms with Crippen LogP contribution in [0.5, 0.6) is 0 Å². The van der Waals surface area contributed by atoms with Crippen LogP contribution >= 0.6 is 0 Å². The highest BCUT2D eigenvalue weighted by atomic mass is 15.1. The van der Waals surface area contributed by atoms with E-state index in [2.05, 4.69) is 62.2 Å². The van der Waals surface area contributed by atoms with Gasteiger partial charge in [0.2, 0.25) is 0 Å². The lowest BCUT2D eigenvalue weighted by molar-refractivity contribution is 0.296. The van der Waals surface area contributed by atoms with Crippen LogP contribution in [0.2, 0.25) is 0 Å². The van der Waals surface area contributed by atoms with E-state index in [1.54, 1.807) is 0 Å². The molecule has 0 aliphatic rings. The Hall–Kier alpha value is -1.02. The fourth-order valence-electron chi connectivity index (χ4n) is 2.70. The van der Waals surface area contributed by atoms with Gasteiger partial charge in [0.15, 0.2) is 0 Å². The van der Waals surface area contributed by atoms with Crippen molar-refractivity contribution in [3.63, 3.8) is 0 Å². The number of anilines is 1. The third kappa shape index (κ3) is 6.99. The number of para-hydroxylation sites is 1. The molecular formula is C19H34N2. The van der Waals surface area contributed by atoms with Crippen LogP contribution in [0.4, 0.5) is 5.69 Å². The molecule has 1 aromatic carbocycles. The van der Waals surface area contributed by atoms with Crippen molar-refractivity contribution in [3.8, 4) is 0 Å². The van der Waals surface area contributed by atoms with Crippen molar-refractivity contribution in [1.29, 1.82) is 0 Å². The fourth-order valence-corrected chi connectivity index (χ4v) is 2.70. The molecule has 1 atom stereocenters. The summed E-state index contributed by atoms with van der Waals surface area (Å²) in [5, 5.41) is 3.71. The Morgan fingerprint density at radius 2 is 1.71 bits per heavy atom. The molecule has 0 amide bonds. The molecule has 0 aliphatic carbocycles. The smallest absolute Gasteiger partial charge is 0.0387 e. The van der Waals surface area contributed by atoms with E-state index in [0.29, 0.717) is 6.04 Å². The minimum atomic E-state index is 0.555. The average Bonchev–Trinajstić information content (AvgIpc) is 2.50. The van der Waals surface area contributed by atoms with Crippen LogP contribution in [0.15, 0.2) is 24.3 Å². The van der Waals surface area contributed by atoms with Gasteiger partial charge in [-0.05, 0) is 38.1 Å². The summed E-state index contributed by atoms with van der Waals surface area (Å²) in [6, 6.07) is 9.32. The first-order chi connectivity index (χ1) is 10.2. The van der Waals surface area contributed by atoms with Crippen LogP contribution in [0, 0.1) is 0 Å². The predicted octanol–water partition coefficient (Wildman–Crippen LogP) is 5.30. The Bertz CT molecular complexity index is 372. The van der Waals surface area contributed by atoms with Gasteiger partial charge in [0.1, 0.15) is 0 Å². The molecule has 0 aliphatic heterocycles. The van der Waals surface area contributed by atoms with E-state index in [4.69, 9.17) is 0 Å². The molecule has 0 aromatic heterocycles. The number of benzene rings is 1. The summed E-state index contributed by atoms with van der Waals surface area (Å²) in [5.41, 5.74) is 2.73. The predicted molar refractivity (Wildman–Crippen MR) is 94.9 cm³/mol. The SMILES string of the molecule is CCCCCCC(C)Nc1ccccc1CN(CC)CC.